The van der Waals surface area contributed by atoms with Gasteiger partial charge >= 0.3 is 5.92 Å². The molecule has 0 bridgehead atoms. The van der Waals surface area contributed by atoms with E-state index in [2.05, 4.69) is 5.32 Å². The molecule has 1 saturated heterocycles. The summed E-state index contributed by atoms with van der Waals surface area (Å²) in [6.45, 7) is 2.88. The van der Waals surface area contributed by atoms with Crippen LogP contribution in [-0.4, -0.2) is 13.1 Å². The summed E-state index contributed by atoms with van der Waals surface area (Å²) >= 11 is 0. The number of hydrogen-bond acceptors (Lipinski definition) is 2. The molecule has 0 spiro atoms. The molecule has 84 valence electrons. The van der Waals surface area contributed by atoms with Gasteiger partial charge in [0.25, 0.3) is 0 Å². The summed E-state index contributed by atoms with van der Waals surface area (Å²) in [6.07, 6.45) is 1.36. The van der Waals surface area contributed by atoms with Crippen molar-refractivity contribution in [2.75, 3.05) is 13.1 Å². The molecule has 1 aromatic rings. The highest BCUT2D eigenvalue weighted by Crippen LogP contribution is 2.39. The average Bonchev–Trinajstić information content (AvgIpc) is 2.67. The molecule has 1 N–H and O–H groups in total. The van der Waals surface area contributed by atoms with Gasteiger partial charge in [-0.2, -0.15) is 8.78 Å². The summed E-state index contributed by atoms with van der Waals surface area (Å²) in [5, 5.41) is 3.00. The van der Waals surface area contributed by atoms with Crippen LogP contribution in [0.3, 0.4) is 0 Å². The lowest BCUT2D eigenvalue weighted by molar-refractivity contribution is -0.0897. The minimum Gasteiger partial charge on any atom is -0.460 e. The fourth-order valence-electron chi connectivity index (χ4n) is 1.98. The van der Waals surface area contributed by atoms with E-state index in [1.807, 2.05) is 0 Å². The molecule has 0 amide bonds. The molecule has 2 heterocycles. The topological polar surface area (TPSA) is 25.2 Å². The van der Waals surface area contributed by atoms with E-state index in [0.717, 1.165) is 13.0 Å². The Hall–Kier alpha value is -0.900. The largest absolute Gasteiger partial charge is 0.460 e. The van der Waals surface area contributed by atoms with Crippen LogP contribution >= 0.6 is 0 Å². The van der Waals surface area contributed by atoms with Gasteiger partial charge < -0.3 is 9.73 Å². The number of alkyl halides is 2. The van der Waals surface area contributed by atoms with Gasteiger partial charge in [-0.1, -0.05) is 0 Å². The molecule has 1 unspecified atom stereocenters. The van der Waals surface area contributed by atoms with Crippen LogP contribution in [-0.2, 0) is 5.92 Å². The monoisotopic (exact) mass is 215 g/mol. The summed E-state index contributed by atoms with van der Waals surface area (Å²) in [7, 11) is 0. The molecule has 2 rings (SSSR count). The van der Waals surface area contributed by atoms with Crippen LogP contribution in [0.25, 0.3) is 0 Å². The van der Waals surface area contributed by atoms with Crippen LogP contribution in [0.1, 0.15) is 24.4 Å². The number of nitrogens with one attached hydrogen (secondary N) is 1. The van der Waals surface area contributed by atoms with Crippen LogP contribution in [0.4, 0.5) is 8.78 Å². The van der Waals surface area contributed by atoms with Crippen molar-refractivity contribution in [3.05, 3.63) is 23.7 Å². The Morgan fingerprint density at radius 2 is 2.27 bits per heavy atom. The minimum atomic E-state index is -2.85. The standard InChI is InChI=1S/C11H15F2NO/c1-8-4-5-10(15-8)11(12,13)9-3-2-6-14-7-9/h4-5,9,14H,2-3,6-7H2,1H3. The second-order valence-corrected chi connectivity index (χ2v) is 4.08. The summed E-state index contributed by atoms with van der Waals surface area (Å²) in [5.41, 5.74) is 0. The lowest BCUT2D eigenvalue weighted by atomic mass is 9.91. The lowest BCUT2D eigenvalue weighted by Gasteiger charge is -2.29. The highest BCUT2D eigenvalue weighted by Gasteiger charge is 2.44. The third-order valence-corrected chi connectivity index (χ3v) is 2.88. The SMILES string of the molecule is Cc1ccc(C(F)(F)C2CCCNC2)o1. The first-order valence-electron chi connectivity index (χ1n) is 5.26. The Balaban J connectivity index is 2.17. The summed E-state index contributed by atoms with van der Waals surface area (Å²) in [4.78, 5) is 0. The molecule has 4 heteroatoms. The molecule has 1 aliphatic rings. The molecule has 2 nitrogen and oxygen atoms in total. The number of rotatable bonds is 2. The van der Waals surface area contributed by atoms with Crippen molar-refractivity contribution < 1.29 is 13.2 Å². The van der Waals surface area contributed by atoms with E-state index in [1.165, 1.54) is 6.07 Å². The Labute approximate surface area is 87.7 Å². The van der Waals surface area contributed by atoms with Crippen molar-refractivity contribution in [2.45, 2.75) is 25.7 Å². The molecule has 0 radical (unpaired) electrons. The highest BCUT2D eigenvalue weighted by atomic mass is 19.3. The average molecular weight is 215 g/mol. The number of hydrogen-bond donors (Lipinski definition) is 1. The molecule has 0 saturated carbocycles. The van der Waals surface area contributed by atoms with Gasteiger partial charge in [0.1, 0.15) is 5.76 Å². The lowest BCUT2D eigenvalue weighted by Crippen LogP contribution is -2.39. The van der Waals surface area contributed by atoms with Crippen molar-refractivity contribution in [3.8, 4) is 0 Å². The van der Waals surface area contributed by atoms with Crippen LogP contribution in [0, 0.1) is 12.8 Å². The predicted molar refractivity (Wildman–Crippen MR) is 52.9 cm³/mol. The van der Waals surface area contributed by atoms with E-state index in [9.17, 15) is 8.78 Å². The van der Waals surface area contributed by atoms with Gasteiger partial charge in [0.05, 0.1) is 0 Å². The second-order valence-electron chi connectivity index (χ2n) is 4.08. The molecule has 1 atom stereocenters. The quantitative estimate of drug-likeness (QED) is 0.820. The van der Waals surface area contributed by atoms with Gasteiger partial charge in [-0.05, 0) is 38.4 Å². The predicted octanol–water partition coefficient (Wildman–Crippen LogP) is 2.68. The molecule has 15 heavy (non-hydrogen) atoms. The Morgan fingerprint density at radius 1 is 1.47 bits per heavy atom. The highest BCUT2D eigenvalue weighted by molar-refractivity contribution is 5.12. The molecule has 0 aromatic carbocycles. The zero-order chi connectivity index (χ0) is 10.9. The van der Waals surface area contributed by atoms with Crippen LogP contribution in [0.2, 0.25) is 0 Å². The second kappa shape index (κ2) is 3.93. The molecular weight excluding hydrogens is 200 g/mol. The number of piperidine rings is 1. The molecule has 0 aliphatic carbocycles. The van der Waals surface area contributed by atoms with E-state index < -0.39 is 11.8 Å². The third-order valence-electron chi connectivity index (χ3n) is 2.88. The minimum absolute atomic E-state index is 0.200. The van der Waals surface area contributed by atoms with Crippen molar-refractivity contribution in [1.29, 1.82) is 0 Å². The molecule has 1 aliphatic heterocycles. The fourth-order valence-corrected chi connectivity index (χ4v) is 1.98. The van der Waals surface area contributed by atoms with E-state index >= 15 is 0 Å². The van der Waals surface area contributed by atoms with Gasteiger partial charge in [0.2, 0.25) is 0 Å². The van der Waals surface area contributed by atoms with Gasteiger partial charge in [0.15, 0.2) is 5.76 Å². The van der Waals surface area contributed by atoms with Gasteiger partial charge in [-0.3, -0.25) is 0 Å². The zero-order valence-electron chi connectivity index (χ0n) is 8.72. The zero-order valence-corrected chi connectivity index (χ0v) is 8.72. The van der Waals surface area contributed by atoms with Crippen LogP contribution < -0.4 is 5.32 Å². The van der Waals surface area contributed by atoms with Crippen molar-refractivity contribution in [3.63, 3.8) is 0 Å². The van der Waals surface area contributed by atoms with Crippen LogP contribution in [0.15, 0.2) is 16.5 Å². The molecular formula is C11H15F2NO. The van der Waals surface area contributed by atoms with Crippen molar-refractivity contribution in [1.82, 2.24) is 5.32 Å². The first kappa shape index (κ1) is 10.6. The number of aryl methyl sites for hydroxylation is 1. The van der Waals surface area contributed by atoms with Gasteiger partial charge in [-0.15, -0.1) is 0 Å². The van der Waals surface area contributed by atoms with E-state index in [1.54, 1.807) is 13.0 Å². The fraction of sp³-hybridized carbons (Fsp3) is 0.636. The number of furan rings is 1. The molecule has 1 fully saturated rings. The normalized spacial score (nSPS) is 23.0. The molecule has 1 aromatic heterocycles. The Morgan fingerprint density at radius 3 is 2.80 bits per heavy atom. The maximum absolute atomic E-state index is 13.9. The Kier molecular flexibility index (Phi) is 2.78. The number of halogens is 2. The summed E-state index contributed by atoms with van der Waals surface area (Å²) in [5.74, 6) is -3.15. The van der Waals surface area contributed by atoms with E-state index in [4.69, 9.17) is 4.42 Å². The van der Waals surface area contributed by atoms with E-state index in [-0.39, 0.29) is 5.76 Å². The summed E-state index contributed by atoms with van der Waals surface area (Å²) < 4.78 is 32.9. The van der Waals surface area contributed by atoms with Crippen molar-refractivity contribution >= 4 is 0 Å². The maximum atomic E-state index is 13.9. The maximum Gasteiger partial charge on any atom is 0.308 e. The van der Waals surface area contributed by atoms with Gasteiger partial charge in [0, 0.05) is 12.5 Å². The first-order valence-corrected chi connectivity index (χ1v) is 5.26. The summed E-state index contributed by atoms with van der Waals surface area (Å²) in [6, 6.07) is 2.96. The van der Waals surface area contributed by atoms with E-state index in [0.29, 0.717) is 18.7 Å². The first-order chi connectivity index (χ1) is 7.10. The van der Waals surface area contributed by atoms with Crippen molar-refractivity contribution in [2.24, 2.45) is 5.92 Å². The Bertz CT molecular complexity index is 329. The smallest absolute Gasteiger partial charge is 0.308 e. The van der Waals surface area contributed by atoms with Gasteiger partial charge in [-0.25, -0.2) is 0 Å². The van der Waals surface area contributed by atoms with Crippen LogP contribution in [0.5, 0.6) is 0 Å². The third kappa shape index (κ3) is 2.04.